The SMILES string of the molecule is CCOC(=O)c1c(NC(=O)C(=O)N/N=C/c2ccc3c(c2)OCO3)sc2c1CCCC2. The van der Waals surface area contributed by atoms with E-state index in [9.17, 15) is 14.4 Å². The quantitative estimate of drug-likeness (QED) is 0.318. The molecule has 0 fully saturated rings. The number of hydrazone groups is 1. The van der Waals surface area contributed by atoms with Gasteiger partial charge in [0.2, 0.25) is 6.79 Å². The lowest BCUT2D eigenvalue weighted by Gasteiger charge is -2.12. The number of ether oxygens (including phenoxy) is 3. The average molecular weight is 443 g/mol. The second kappa shape index (κ2) is 9.17. The number of hydrogen-bond acceptors (Lipinski definition) is 8. The Bertz CT molecular complexity index is 1060. The van der Waals surface area contributed by atoms with Crippen molar-refractivity contribution >= 4 is 40.3 Å². The summed E-state index contributed by atoms with van der Waals surface area (Å²) in [4.78, 5) is 38.1. The summed E-state index contributed by atoms with van der Waals surface area (Å²) in [7, 11) is 0. The van der Waals surface area contributed by atoms with E-state index in [-0.39, 0.29) is 13.4 Å². The van der Waals surface area contributed by atoms with Crippen molar-refractivity contribution in [3.63, 3.8) is 0 Å². The van der Waals surface area contributed by atoms with Gasteiger partial charge in [0, 0.05) is 4.88 Å². The number of aryl methyl sites for hydroxylation is 1. The van der Waals surface area contributed by atoms with Gasteiger partial charge in [-0.2, -0.15) is 5.10 Å². The van der Waals surface area contributed by atoms with Crippen molar-refractivity contribution in [2.75, 3.05) is 18.7 Å². The van der Waals surface area contributed by atoms with E-state index in [4.69, 9.17) is 14.2 Å². The fraction of sp³-hybridized carbons (Fsp3) is 0.333. The molecule has 1 aromatic carbocycles. The monoisotopic (exact) mass is 443 g/mol. The highest BCUT2D eigenvalue weighted by molar-refractivity contribution is 7.17. The molecule has 0 spiro atoms. The van der Waals surface area contributed by atoms with Crippen LogP contribution in [-0.4, -0.2) is 37.4 Å². The van der Waals surface area contributed by atoms with E-state index in [1.165, 1.54) is 17.6 Å². The van der Waals surface area contributed by atoms with Crippen LogP contribution in [-0.2, 0) is 27.2 Å². The normalized spacial score (nSPS) is 14.2. The molecule has 1 aliphatic carbocycles. The Hall–Kier alpha value is -3.40. The molecule has 9 nitrogen and oxygen atoms in total. The third kappa shape index (κ3) is 4.53. The second-order valence-corrected chi connectivity index (χ2v) is 8.01. The molecule has 10 heteroatoms. The summed E-state index contributed by atoms with van der Waals surface area (Å²) in [5.41, 5.74) is 4.12. The number of nitrogens with one attached hydrogen (secondary N) is 2. The molecular formula is C21H21N3O6S. The van der Waals surface area contributed by atoms with Crippen molar-refractivity contribution < 1.29 is 28.6 Å². The fourth-order valence-electron chi connectivity index (χ4n) is 3.44. The number of fused-ring (bicyclic) bond motifs is 2. The van der Waals surface area contributed by atoms with Crippen LogP contribution in [0, 0.1) is 0 Å². The summed E-state index contributed by atoms with van der Waals surface area (Å²) in [5.74, 6) is -1.12. The predicted molar refractivity (Wildman–Crippen MR) is 114 cm³/mol. The minimum atomic E-state index is -0.946. The number of esters is 1. The number of nitrogens with zero attached hydrogens (tertiary/aromatic N) is 1. The van der Waals surface area contributed by atoms with Gasteiger partial charge >= 0.3 is 17.8 Å². The lowest BCUT2D eigenvalue weighted by molar-refractivity contribution is -0.136. The third-order valence-electron chi connectivity index (χ3n) is 4.86. The van der Waals surface area contributed by atoms with Gasteiger partial charge in [-0.25, -0.2) is 10.2 Å². The number of rotatable bonds is 5. The van der Waals surface area contributed by atoms with Crippen LogP contribution in [0.3, 0.4) is 0 Å². The van der Waals surface area contributed by atoms with Crippen LogP contribution in [0.25, 0.3) is 0 Å². The number of carbonyl (C=O) groups is 3. The molecule has 2 aromatic rings. The number of hydrogen-bond donors (Lipinski definition) is 2. The maximum atomic E-state index is 12.4. The van der Waals surface area contributed by atoms with Crippen LogP contribution < -0.4 is 20.2 Å². The zero-order valence-corrected chi connectivity index (χ0v) is 17.7. The highest BCUT2D eigenvalue weighted by Crippen LogP contribution is 2.38. The summed E-state index contributed by atoms with van der Waals surface area (Å²) in [6.45, 7) is 2.11. The predicted octanol–water partition coefficient (Wildman–Crippen LogP) is 2.62. The number of benzene rings is 1. The lowest BCUT2D eigenvalue weighted by atomic mass is 9.95. The molecule has 4 rings (SSSR count). The fourth-order valence-corrected chi connectivity index (χ4v) is 4.72. The van der Waals surface area contributed by atoms with E-state index < -0.39 is 17.8 Å². The molecular weight excluding hydrogens is 422 g/mol. The Morgan fingerprint density at radius 1 is 1.16 bits per heavy atom. The van der Waals surface area contributed by atoms with Crippen LogP contribution in [0.4, 0.5) is 5.00 Å². The van der Waals surface area contributed by atoms with Gasteiger partial charge in [-0.3, -0.25) is 9.59 Å². The van der Waals surface area contributed by atoms with Crippen LogP contribution in [0.1, 0.15) is 46.1 Å². The van der Waals surface area contributed by atoms with Gasteiger partial charge in [-0.05, 0) is 61.9 Å². The Kier molecular flexibility index (Phi) is 6.17. The van der Waals surface area contributed by atoms with Crippen LogP contribution in [0.2, 0.25) is 0 Å². The first-order valence-corrected chi connectivity index (χ1v) is 10.7. The van der Waals surface area contributed by atoms with Crippen molar-refractivity contribution in [3.8, 4) is 11.5 Å². The zero-order chi connectivity index (χ0) is 21.8. The first-order valence-electron chi connectivity index (χ1n) is 9.92. The highest BCUT2D eigenvalue weighted by Gasteiger charge is 2.28. The van der Waals surface area contributed by atoms with Gasteiger partial charge in [-0.1, -0.05) is 0 Å². The zero-order valence-electron chi connectivity index (χ0n) is 16.9. The van der Waals surface area contributed by atoms with Crippen molar-refractivity contribution in [2.45, 2.75) is 32.6 Å². The minimum Gasteiger partial charge on any atom is -0.462 e. The van der Waals surface area contributed by atoms with Crippen LogP contribution in [0.15, 0.2) is 23.3 Å². The molecule has 31 heavy (non-hydrogen) atoms. The Morgan fingerprint density at radius 3 is 2.81 bits per heavy atom. The van der Waals surface area contributed by atoms with Crippen molar-refractivity contribution in [1.29, 1.82) is 0 Å². The van der Waals surface area contributed by atoms with Gasteiger partial charge in [0.1, 0.15) is 5.00 Å². The second-order valence-electron chi connectivity index (χ2n) is 6.90. The molecule has 1 aliphatic heterocycles. The molecule has 0 unspecified atom stereocenters. The van der Waals surface area contributed by atoms with Crippen molar-refractivity contribution in [1.82, 2.24) is 5.43 Å². The number of thiophene rings is 1. The number of amides is 2. The molecule has 0 atom stereocenters. The van der Waals surface area contributed by atoms with E-state index in [0.29, 0.717) is 27.6 Å². The molecule has 2 heterocycles. The molecule has 2 N–H and O–H groups in total. The van der Waals surface area contributed by atoms with Crippen LogP contribution >= 0.6 is 11.3 Å². The first-order chi connectivity index (χ1) is 15.1. The lowest BCUT2D eigenvalue weighted by Crippen LogP contribution is -2.32. The largest absolute Gasteiger partial charge is 0.462 e. The summed E-state index contributed by atoms with van der Waals surface area (Å²) in [6, 6.07) is 5.18. The van der Waals surface area contributed by atoms with E-state index in [2.05, 4.69) is 15.8 Å². The van der Waals surface area contributed by atoms with Crippen molar-refractivity contribution in [2.24, 2.45) is 5.10 Å². The number of carbonyl (C=O) groups excluding carboxylic acids is 3. The summed E-state index contributed by atoms with van der Waals surface area (Å²) >= 11 is 1.32. The molecule has 0 saturated carbocycles. The Balaban J connectivity index is 1.42. The molecule has 2 aliphatic rings. The molecule has 162 valence electrons. The third-order valence-corrected chi connectivity index (χ3v) is 6.07. The number of anilines is 1. The molecule has 2 amide bonds. The van der Waals surface area contributed by atoms with Gasteiger partial charge in [-0.15, -0.1) is 11.3 Å². The Labute approximate surface area is 182 Å². The van der Waals surface area contributed by atoms with Crippen molar-refractivity contribution in [3.05, 3.63) is 39.8 Å². The summed E-state index contributed by atoms with van der Waals surface area (Å²) in [5, 5.41) is 6.70. The molecule has 1 aromatic heterocycles. The van der Waals surface area contributed by atoms with E-state index in [1.807, 2.05) is 0 Å². The molecule has 0 radical (unpaired) electrons. The van der Waals surface area contributed by atoms with Crippen LogP contribution in [0.5, 0.6) is 11.5 Å². The summed E-state index contributed by atoms with van der Waals surface area (Å²) < 4.78 is 15.7. The van der Waals surface area contributed by atoms with Gasteiger partial charge in [0.15, 0.2) is 11.5 Å². The topological polar surface area (TPSA) is 115 Å². The standard InChI is InChI=1S/C21H21N3O6S/c1-2-28-21(27)17-13-5-3-4-6-16(13)31-20(17)23-18(25)19(26)24-22-10-12-7-8-14-15(9-12)30-11-29-14/h7-10H,2-6,11H2,1H3,(H,23,25)(H,24,26)/b22-10+. The molecule has 0 saturated heterocycles. The summed E-state index contributed by atoms with van der Waals surface area (Å²) in [6.07, 6.45) is 4.98. The Morgan fingerprint density at radius 2 is 1.97 bits per heavy atom. The maximum absolute atomic E-state index is 12.4. The van der Waals surface area contributed by atoms with Gasteiger partial charge in [0.25, 0.3) is 0 Å². The molecule has 0 bridgehead atoms. The smallest absolute Gasteiger partial charge is 0.341 e. The minimum absolute atomic E-state index is 0.159. The van der Waals surface area contributed by atoms with Gasteiger partial charge < -0.3 is 19.5 Å². The average Bonchev–Trinajstić information content (AvgIpc) is 3.37. The maximum Gasteiger partial charge on any atom is 0.341 e. The first kappa shape index (κ1) is 20.9. The van der Waals surface area contributed by atoms with E-state index in [0.717, 1.165) is 36.1 Å². The van der Waals surface area contributed by atoms with E-state index in [1.54, 1.807) is 25.1 Å². The van der Waals surface area contributed by atoms with Gasteiger partial charge in [0.05, 0.1) is 18.4 Å². The van der Waals surface area contributed by atoms with E-state index >= 15 is 0 Å². The highest BCUT2D eigenvalue weighted by atomic mass is 32.1.